The molecule has 0 atom stereocenters. The van der Waals surface area contributed by atoms with E-state index in [4.69, 9.17) is 4.74 Å². The van der Waals surface area contributed by atoms with Crippen LogP contribution in [0, 0.1) is 6.92 Å². The molecular weight excluding hydrogens is 298 g/mol. The number of hydrogen-bond acceptors (Lipinski definition) is 3. The van der Waals surface area contributed by atoms with Crippen LogP contribution in [0.2, 0.25) is 0 Å². The molecule has 0 aliphatic rings. The summed E-state index contributed by atoms with van der Waals surface area (Å²) in [6.07, 6.45) is 0. The third-order valence-electron chi connectivity index (χ3n) is 4.07. The Morgan fingerprint density at radius 3 is 2.38 bits per heavy atom. The van der Waals surface area contributed by atoms with Gasteiger partial charge in [-0.25, -0.2) is 9.78 Å². The van der Waals surface area contributed by atoms with Gasteiger partial charge in [0, 0.05) is 10.8 Å². The number of carbonyl (C=O) groups excluding carboxylic acids is 1. The summed E-state index contributed by atoms with van der Waals surface area (Å²) in [7, 11) is 0. The van der Waals surface area contributed by atoms with Crippen molar-refractivity contribution in [3.63, 3.8) is 0 Å². The van der Waals surface area contributed by atoms with E-state index in [1.165, 1.54) is 0 Å². The van der Waals surface area contributed by atoms with Gasteiger partial charge in [-0.2, -0.15) is 0 Å². The van der Waals surface area contributed by atoms with Crippen LogP contribution in [0.15, 0.2) is 72.8 Å². The van der Waals surface area contributed by atoms with E-state index in [0.29, 0.717) is 11.3 Å². The van der Waals surface area contributed by atoms with Gasteiger partial charge in [0.05, 0.1) is 16.6 Å². The first-order chi connectivity index (χ1) is 11.7. The summed E-state index contributed by atoms with van der Waals surface area (Å²) >= 11 is 0. The number of pyridine rings is 1. The Kier molecular flexibility index (Phi) is 3.47. The largest absolute Gasteiger partial charge is 0.423 e. The van der Waals surface area contributed by atoms with Gasteiger partial charge in [-0.15, -0.1) is 0 Å². The highest BCUT2D eigenvalue weighted by Gasteiger charge is 2.19. The first kappa shape index (κ1) is 14.4. The van der Waals surface area contributed by atoms with E-state index < -0.39 is 0 Å². The van der Waals surface area contributed by atoms with E-state index in [0.717, 1.165) is 27.4 Å². The van der Waals surface area contributed by atoms with Gasteiger partial charge in [-0.05, 0) is 36.8 Å². The van der Waals surface area contributed by atoms with Crippen molar-refractivity contribution in [2.75, 3.05) is 0 Å². The van der Waals surface area contributed by atoms with Crippen molar-refractivity contribution in [3.8, 4) is 5.75 Å². The highest BCUT2D eigenvalue weighted by Crippen LogP contribution is 2.29. The van der Waals surface area contributed by atoms with Crippen molar-refractivity contribution in [1.29, 1.82) is 0 Å². The standard InChI is InChI=1S/C21H15NO2/c1-14-8-7-13-18-19(14)20(16-11-5-6-12-17(16)22-18)21(23)24-15-9-3-2-4-10-15/h2-13H,1H3. The molecule has 0 radical (unpaired) electrons. The van der Waals surface area contributed by atoms with Gasteiger partial charge >= 0.3 is 5.97 Å². The average molecular weight is 313 g/mol. The van der Waals surface area contributed by atoms with E-state index in [1.54, 1.807) is 12.1 Å². The average Bonchev–Trinajstić information content (AvgIpc) is 2.61. The number of aromatic nitrogens is 1. The molecule has 24 heavy (non-hydrogen) atoms. The van der Waals surface area contributed by atoms with Crippen molar-refractivity contribution in [3.05, 3.63) is 83.9 Å². The third kappa shape index (κ3) is 2.40. The molecule has 4 rings (SSSR count). The summed E-state index contributed by atoms with van der Waals surface area (Å²) in [5, 5.41) is 1.65. The minimum atomic E-state index is -0.362. The molecular formula is C21H15NO2. The number of esters is 1. The lowest BCUT2D eigenvalue weighted by atomic mass is 9.99. The first-order valence-electron chi connectivity index (χ1n) is 7.79. The molecule has 0 spiro atoms. The quantitative estimate of drug-likeness (QED) is 0.300. The Labute approximate surface area is 139 Å². The summed E-state index contributed by atoms with van der Waals surface area (Å²) < 4.78 is 5.60. The molecule has 0 amide bonds. The van der Waals surface area contributed by atoms with Crippen LogP contribution >= 0.6 is 0 Å². The number of nitrogens with zero attached hydrogens (tertiary/aromatic N) is 1. The van der Waals surface area contributed by atoms with E-state index in [1.807, 2.05) is 67.6 Å². The van der Waals surface area contributed by atoms with Gasteiger partial charge in [0.15, 0.2) is 0 Å². The SMILES string of the molecule is Cc1cccc2nc3ccccc3c(C(=O)Oc3ccccc3)c12. The predicted octanol–water partition coefficient (Wildman–Crippen LogP) is 4.92. The van der Waals surface area contributed by atoms with Crippen LogP contribution in [-0.2, 0) is 0 Å². The van der Waals surface area contributed by atoms with Crippen LogP contribution in [0.5, 0.6) is 5.75 Å². The van der Waals surface area contributed by atoms with E-state index >= 15 is 0 Å². The molecule has 3 nitrogen and oxygen atoms in total. The number of carbonyl (C=O) groups is 1. The Bertz CT molecular complexity index is 1060. The van der Waals surface area contributed by atoms with Gasteiger partial charge in [0.1, 0.15) is 5.75 Å². The molecule has 0 saturated heterocycles. The molecule has 0 aliphatic heterocycles. The maximum absolute atomic E-state index is 12.9. The van der Waals surface area contributed by atoms with Crippen molar-refractivity contribution < 1.29 is 9.53 Å². The third-order valence-corrected chi connectivity index (χ3v) is 4.07. The number of aryl methyl sites for hydroxylation is 1. The van der Waals surface area contributed by atoms with Crippen LogP contribution < -0.4 is 4.74 Å². The normalized spacial score (nSPS) is 10.9. The van der Waals surface area contributed by atoms with E-state index in [-0.39, 0.29) is 5.97 Å². The van der Waals surface area contributed by atoms with Gasteiger partial charge in [0.2, 0.25) is 0 Å². The fourth-order valence-electron chi connectivity index (χ4n) is 2.98. The van der Waals surface area contributed by atoms with Crippen molar-refractivity contribution >= 4 is 27.8 Å². The van der Waals surface area contributed by atoms with E-state index in [2.05, 4.69) is 4.98 Å². The lowest BCUT2D eigenvalue weighted by Crippen LogP contribution is -2.11. The van der Waals surface area contributed by atoms with Crippen LogP contribution in [0.25, 0.3) is 21.8 Å². The fraction of sp³-hybridized carbons (Fsp3) is 0.0476. The highest BCUT2D eigenvalue weighted by molar-refractivity contribution is 6.15. The summed E-state index contributed by atoms with van der Waals surface area (Å²) in [5.41, 5.74) is 3.16. The zero-order chi connectivity index (χ0) is 16.5. The van der Waals surface area contributed by atoms with Crippen molar-refractivity contribution in [2.45, 2.75) is 6.92 Å². The van der Waals surface area contributed by atoms with Crippen molar-refractivity contribution in [2.24, 2.45) is 0 Å². The zero-order valence-electron chi connectivity index (χ0n) is 13.2. The molecule has 0 fully saturated rings. The molecule has 4 aromatic rings. The Morgan fingerprint density at radius 1 is 0.833 bits per heavy atom. The van der Waals surface area contributed by atoms with Crippen LogP contribution in [-0.4, -0.2) is 11.0 Å². The molecule has 0 bridgehead atoms. The van der Waals surface area contributed by atoms with Crippen LogP contribution in [0.4, 0.5) is 0 Å². The van der Waals surface area contributed by atoms with E-state index in [9.17, 15) is 4.79 Å². The number of rotatable bonds is 2. The highest BCUT2D eigenvalue weighted by atomic mass is 16.5. The lowest BCUT2D eigenvalue weighted by Gasteiger charge is -2.12. The van der Waals surface area contributed by atoms with Crippen molar-refractivity contribution in [1.82, 2.24) is 4.98 Å². The van der Waals surface area contributed by atoms with Crippen LogP contribution in [0.1, 0.15) is 15.9 Å². The molecule has 3 heteroatoms. The summed E-state index contributed by atoms with van der Waals surface area (Å²) in [6, 6.07) is 22.6. The van der Waals surface area contributed by atoms with Gasteiger partial charge in [-0.3, -0.25) is 0 Å². The zero-order valence-corrected chi connectivity index (χ0v) is 13.2. The number of hydrogen-bond donors (Lipinski definition) is 0. The summed E-state index contributed by atoms with van der Waals surface area (Å²) in [6.45, 7) is 1.98. The Balaban J connectivity index is 1.98. The molecule has 116 valence electrons. The Morgan fingerprint density at radius 2 is 1.54 bits per heavy atom. The lowest BCUT2D eigenvalue weighted by molar-refractivity contribution is 0.0738. The summed E-state index contributed by atoms with van der Waals surface area (Å²) in [4.78, 5) is 17.6. The molecule has 0 unspecified atom stereocenters. The van der Waals surface area contributed by atoms with Crippen LogP contribution in [0.3, 0.4) is 0 Å². The Hall–Kier alpha value is -3.20. The second kappa shape index (κ2) is 5.78. The summed E-state index contributed by atoms with van der Waals surface area (Å²) in [5.74, 6) is 0.171. The second-order valence-electron chi connectivity index (χ2n) is 5.68. The first-order valence-corrected chi connectivity index (χ1v) is 7.79. The molecule has 0 N–H and O–H groups in total. The topological polar surface area (TPSA) is 39.2 Å². The number of fused-ring (bicyclic) bond motifs is 2. The predicted molar refractivity (Wildman–Crippen MR) is 95.4 cm³/mol. The fourth-order valence-corrected chi connectivity index (χ4v) is 2.98. The monoisotopic (exact) mass is 313 g/mol. The number of ether oxygens (including phenoxy) is 1. The number of para-hydroxylation sites is 2. The van der Waals surface area contributed by atoms with Gasteiger partial charge in [-0.1, -0.05) is 48.5 Å². The number of benzene rings is 3. The maximum atomic E-state index is 12.9. The molecule has 1 heterocycles. The second-order valence-corrected chi connectivity index (χ2v) is 5.68. The molecule has 0 aliphatic carbocycles. The van der Waals surface area contributed by atoms with Gasteiger partial charge < -0.3 is 4.74 Å². The minimum Gasteiger partial charge on any atom is -0.423 e. The molecule has 3 aromatic carbocycles. The smallest absolute Gasteiger partial charge is 0.344 e. The molecule has 1 aromatic heterocycles. The minimum absolute atomic E-state index is 0.362. The molecule has 0 saturated carbocycles. The van der Waals surface area contributed by atoms with Gasteiger partial charge in [0.25, 0.3) is 0 Å². The maximum Gasteiger partial charge on any atom is 0.344 e.